The Kier molecular flexibility index (Phi) is 3.89. The van der Waals surface area contributed by atoms with Gasteiger partial charge < -0.3 is 5.73 Å². The molecule has 0 saturated heterocycles. The lowest BCUT2D eigenvalue weighted by Crippen LogP contribution is -2.12. The van der Waals surface area contributed by atoms with E-state index >= 15 is 0 Å². The van der Waals surface area contributed by atoms with Crippen LogP contribution in [0, 0.1) is 0 Å². The first kappa shape index (κ1) is 12.2. The highest BCUT2D eigenvalue weighted by molar-refractivity contribution is 6.31. The van der Waals surface area contributed by atoms with Crippen LogP contribution < -0.4 is 5.73 Å². The second-order valence-electron chi connectivity index (χ2n) is 3.81. The Labute approximate surface area is 94.7 Å². The summed E-state index contributed by atoms with van der Waals surface area (Å²) in [5.41, 5.74) is 5.20. The Morgan fingerprint density at radius 1 is 1.47 bits per heavy atom. The maximum absolute atomic E-state index is 13.9. The van der Waals surface area contributed by atoms with Gasteiger partial charge in [-0.05, 0) is 25.5 Å². The summed E-state index contributed by atoms with van der Waals surface area (Å²) in [5.74, 6) is 0. The summed E-state index contributed by atoms with van der Waals surface area (Å²) in [6.45, 7) is 3.42. The van der Waals surface area contributed by atoms with Crippen LogP contribution in [-0.2, 0) is 5.67 Å². The zero-order valence-corrected chi connectivity index (χ0v) is 9.68. The Morgan fingerprint density at radius 2 is 2.13 bits per heavy atom. The summed E-state index contributed by atoms with van der Waals surface area (Å²) >= 11 is 5.99. The van der Waals surface area contributed by atoms with Crippen molar-refractivity contribution in [1.29, 1.82) is 0 Å². The fourth-order valence-electron chi connectivity index (χ4n) is 1.50. The molecule has 0 atom stereocenters. The molecule has 82 valence electrons. The van der Waals surface area contributed by atoms with E-state index in [1.165, 1.54) is 13.8 Å². The van der Waals surface area contributed by atoms with Gasteiger partial charge in [0.15, 0.2) is 0 Å². The van der Waals surface area contributed by atoms with Crippen molar-refractivity contribution in [2.45, 2.75) is 19.5 Å². The number of rotatable bonds is 3. The van der Waals surface area contributed by atoms with Crippen molar-refractivity contribution in [3.05, 3.63) is 40.4 Å². The molecule has 0 unspecified atom stereocenters. The van der Waals surface area contributed by atoms with Gasteiger partial charge in [0.1, 0.15) is 5.67 Å². The van der Waals surface area contributed by atoms with Crippen molar-refractivity contribution in [3.63, 3.8) is 0 Å². The standard InChI is InChI=1S/C12H15ClFN/c1-12(2,14)11-9(6-4-8-15)5-3-7-10(11)13/h3-7H,8,15H2,1-2H3/b6-4+. The smallest absolute Gasteiger partial charge is 0.132 e. The lowest BCUT2D eigenvalue weighted by atomic mass is 9.94. The zero-order chi connectivity index (χ0) is 11.5. The topological polar surface area (TPSA) is 26.0 Å². The van der Waals surface area contributed by atoms with Crippen LogP contribution in [0.5, 0.6) is 0 Å². The van der Waals surface area contributed by atoms with Gasteiger partial charge >= 0.3 is 0 Å². The molecule has 2 N–H and O–H groups in total. The van der Waals surface area contributed by atoms with Crippen molar-refractivity contribution in [3.8, 4) is 0 Å². The van der Waals surface area contributed by atoms with Crippen LogP contribution in [0.4, 0.5) is 4.39 Å². The van der Waals surface area contributed by atoms with Crippen LogP contribution >= 0.6 is 11.6 Å². The average molecular weight is 228 g/mol. The quantitative estimate of drug-likeness (QED) is 0.840. The number of hydrogen-bond acceptors (Lipinski definition) is 1. The van der Waals surface area contributed by atoms with E-state index in [0.29, 0.717) is 17.1 Å². The van der Waals surface area contributed by atoms with Gasteiger partial charge in [-0.1, -0.05) is 35.9 Å². The number of alkyl halides is 1. The molecule has 0 aromatic heterocycles. The van der Waals surface area contributed by atoms with Crippen molar-refractivity contribution in [2.24, 2.45) is 5.73 Å². The van der Waals surface area contributed by atoms with Crippen LogP contribution in [0.3, 0.4) is 0 Å². The van der Waals surface area contributed by atoms with E-state index in [1.807, 2.05) is 6.07 Å². The number of halogens is 2. The third-order valence-corrected chi connectivity index (χ3v) is 2.39. The third-order valence-electron chi connectivity index (χ3n) is 2.07. The van der Waals surface area contributed by atoms with E-state index in [0.717, 1.165) is 5.56 Å². The highest BCUT2D eigenvalue weighted by atomic mass is 35.5. The van der Waals surface area contributed by atoms with Crippen molar-refractivity contribution in [2.75, 3.05) is 6.54 Å². The van der Waals surface area contributed by atoms with Crippen LogP contribution in [0.2, 0.25) is 5.02 Å². The van der Waals surface area contributed by atoms with E-state index in [9.17, 15) is 4.39 Å². The number of nitrogens with two attached hydrogens (primary N) is 1. The lowest BCUT2D eigenvalue weighted by Gasteiger charge is -2.19. The minimum absolute atomic E-state index is 0.429. The summed E-state index contributed by atoms with van der Waals surface area (Å²) in [7, 11) is 0. The molecule has 0 radical (unpaired) electrons. The minimum atomic E-state index is -1.45. The molecule has 0 heterocycles. The Bertz CT molecular complexity index is 366. The van der Waals surface area contributed by atoms with E-state index in [1.54, 1.807) is 24.3 Å². The summed E-state index contributed by atoms with van der Waals surface area (Å²) in [6, 6.07) is 5.32. The Balaban J connectivity index is 3.27. The fourth-order valence-corrected chi connectivity index (χ4v) is 1.91. The predicted molar refractivity (Wildman–Crippen MR) is 63.7 cm³/mol. The highest BCUT2D eigenvalue weighted by Gasteiger charge is 2.24. The zero-order valence-electron chi connectivity index (χ0n) is 8.93. The maximum atomic E-state index is 13.9. The maximum Gasteiger partial charge on any atom is 0.132 e. The summed E-state index contributed by atoms with van der Waals surface area (Å²) in [6.07, 6.45) is 3.57. The molecule has 1 aromatic rings. The Morgan fingerprint density at radius 3 is 2.67 bits per heavy atom. The van der Waals surface area contributed by atoms with E-state index < -0.39 is 5.67 Å². The molecule has 0 fully saturated rings. The van der Waals surface area contributed by atoms with E-state index in [4.69, 9.17) is 17.3 Å². The molecular formula is C12H15ClFN. The summed E-state index contributed by atoms with van der Waals surface area (Å²) < 4.78 is 13.9. The molecule has 0 spiro atoms. The molecule has 0 aliphatic heterocycles. The number of benzene rings is 1. The van der Waals surface area contributed by atoms with Gasteiger partial charge in [0.25, 0.3) is 0 Å². The molecule has 1 nitrogen and oxygen atoms in total. The van der Waals surface area contributed by atoms with Gasteiger partial charge in [-0.2, -0.15) is 0 Å². The van der Waals surface area contributed by atoms with Gasteiger partial charge in [0.2, 0.25) is 0 Å². The van der Waals surface area contributed by atoms with E-state index in [-0.39, 0.29) is 0 Å². The predicted octanol–water partition coefficient (Wildman–Crippen LogP) is 3.52. The van der Waals surface area contributed by atoms with E-state index in [2.05, 4.69) is 0 Å². The molecule has 3 heteroatoms. The molecule has 0 aliphatic rings. The largest absolute Gasteiger partial charge is 0.327 e. The molecule has 1 aromatic carbocycles. The van der Waals surface area contributed by atoms with Crippen molar-refractivity contribution < 1.29 is 4.39 Å². The second-order valence-corrected chi connectivity index (χ2v) is 4.22. The fraction of sp³-hybridized carbons (Fsp3) is 0.333. The monoisotopic (exact) mass is 227 g/mol. The lowest BCUT2D eigenvalue weighted by molar-refractivity contribution is 0.221. The average Bonchev–Trinajstić information content (AvgIpc) is 2.12. The second kappa shape index (κ2) is 4.77. The molecule has 0 saturated carbocycles. The van der Waals surface area contributed by atoms with Crippen molar-refractivity contribution in [1.82, 2.24) is 0 Å². The first-order chi connectivity index (χ1) is 6.96. The van der Waals surface area contributed by atoms with Gasteiger partial charge in [0.05, 0.1) is 0 Å². The molecule has 15 heavy (non-hydrogen) atoms. The summed E-state index contributed by atoms with van der Waals surface area (Å²) in [5, 5.41) is 0.446. The minimum Gasteiger partial charge on any atom is -0.327 e. The molecule has 0 aliphatic carbocycles. The van der Waals surface area contributed by atoms with Crippen LogP contribution in [-0.4, -0.2) is 6.54 Å². The van der Waals surface area contributed by atoms with Crippen LogP contribution in [0.15, 0.2) is 24.3 Å². The first-order valence-electron chi connectivity index (χ1n) is 4.81. The number of hydrogen-bond donors (Lipinski definition) is 1. The van der Waals surface area contributed by atoms with Gasteiger partial charge in [-0.15, -0.1) is 0 Å². The van der Waals surface area contributed by atoms with Crippen molar-refractivity contribution >= 4 is 17.7 Å². The van der Waals surface area contributed by atoms with Crippen LogP contribution in [0.25, 0.3) is 6.08 Å². The van der Waals surface area contributed by atoms with Gasteiger partial charge in [-0.25, -0.2) is 4.39 Å². The van der Waals surface area contributed by atoms with Crippen LogP contribution in [0.1, 0.15) is 25.0 Å². The Hall–Kier alpha value is -0.860. The summed E-state index contributed by atoms with van der Waals surface area (Å²) in [4.78, 5) is 0. The molecule has 0 amide bonds. The molecule has 0 bridgehead atoms. The normalized spacial score (nSPS) is 12.3. The molecular weight excluding hydrogens is 213 g/mol. The molecule has 1 rings (SSSR count). The highest BCUT2D eigenvalue weighted by Crippen LogP contribution is 2.34. The third kappa shape index (κ3) is 3.05. The first-order valence-corrected chi connectivity index (χ1v) is 5.19. The van der Waals surface area contributed by atoms with Gasteiger partial charge in [0, 0.05) is 17.1 Å². The SMILES string of the molecule is CC(C)(F)c1c(Cl)cccc1/C=C/CN. The van der Waals surface area contributed by atoms with Gasteiger partial charge in [-0.3, -0.25) is 0 Å².